The van der Waals surface area contributed by atoms with Crippen LogP contribution in [0.25, 0.3) is 21.8 Å². The predicted octanol–water partition coefficient (Wildman–Crippen LogP) is 3.47. The summed E-state index contributed by atoms with van der Waals surface area (Å²) in [5, 5.41) is 13.1. The van der Waals surface area contributed by atoms with Crippen LogP contribution in [0.2, 0.25) is 0 Å². The number of para-hydroxylation sites is 2. The Kier molecular flexibility index (Phi) is 5.17. The average molecular weight is 409 g/mol. The molecule has 29 heavy (non-hydrogen) atoms. The molecule has 0 spiro atoms. The van der Waals surface area contributed by atoms with Crippen LogP contribution in [0, 0.1) is 0 Å². The maximum Gasteiger partial charge on any atom is 0.218 e. The minimum Gasteiger partial charge on any atom is -0.390 e. The first-order valence-corrected chi connectivity index (χ1v) is 11.1. The Morgan fingerprint density at radius 1 is 0.931 bits per heavy atom. The second kappa shape index (κ2) is 7.63. The number of fused-ring (bicyclic) bond motifs is 3. The van der Waals surface area contributed by atoms with Gasteiger partial charge in [0.1, 0.15) is 0 Å². The summed E-state index contributed by atoms with van der Waals surface area (Å²) in [4.78, 5) is 0. The normalized spacial score (nSPS) is 18.2. The molecule has 6 heteroatoms. The van der Waals surface area contributed by atoms with Crippen LogP contribution in [0.4, 0.5) is 0 Å². The molecule has 0 amide bonds. The first kappa shape index (κ1) is 19.6. The molecule has 0 bridgehead atoms. The van der Waals surface area contributed by atoms with E-state index >= 15 is 0 Å². The fourth-order valence-corrected chi connectivity index (χ4v) is 5.65. The van der Waals surface area contributed by atoms with Crippen LogP contribution in [0.1, 0.15) is 0 Å². The van der Waals surface area contributed by atoms with E-state index in [-0.39, 0.29) is 18.8 Å². The lowest BCUT2D eigenvalue weighted by atomic mass is 10.1. The van der Waals surface area contributed by atoms with Crippen LogP contribution in [0.15, 0.2) is 85.0 Å². The van der Waals surface area contributed by atoms with Gasteiger partial charge >= 0.3 is 0 Å². The number of nitrogens with zero attached hydrogens (tertiary/aromatic N) is 2. The minimum absolute atomic E-state index is 0.0327. The van der Waals surface area contributed by atoms with Crippen molar-refractivity contribution in [3.63, 3.8) is 0 Å². The van der Waals surface area contributed by atoms with Gasteiger partial charge in [-0.05, 0) is 23.3 Å². The summed E-state index contributed by atoms with van der Waals surface area (Å²) in [7, 11) is -3.50. The molecule has 5 nitrogen and oxygen atoms in total. The van der Waals surface area contributed by atoms with Crippen molar-refractivity contribution >= 4 is 31.8 Å². The van der Waals surface area contributed by atoms with E-state index < -0.39 is 16.1 Å². The Morgan fingerprint density at radius 2 is 1.48 bits per heavy atom. The Hall–Kier alpha value is -2.67. The molecule has 0 aliphatic carbocycles. The highest BCUT2D eigenvalue weighted by Gasteiger charge is 2.31. The van der Waals surface area contributed by atoms with E-state index in [0.29, 0.717) is 12.1 Å². The third-order valence-electron chi connectivity index (χ3n) is 5.47. The molecule has 1 aromatic heterocycles. The molecule has 1 N–H and O–H groups in total. The zero-order valence-electron chi connectivity index (χ0n) is 16.2. The summed E-state index contributed by atoms with van der Waals surface area (Å²) in [6.45, 7) is 8.03. The molecule has 1 unspecified atom stereocenters. The van der Waals surface area contributed by atoms with Crippen molar-refractivity contribution < 1.29 is 13.5 Å². The molecule has 0 radical (unpaired) electrons. The summed E-state index contributed by atoms with van der Waals surface area (Å²) < 4.78 is 28.7. The summed E-state index contributed by atoms with van der Waals surface area (Å²) in [6, 6.07) is 16.1. The molecule has 1 atom stereocenters. The van der Waals surface area contributed by atoms with Crippen LogP contribution < -0.4 is 0 Å². The number of aromatic nitrogens is 1. The lowest BCUT2D eigenvalue weighted by Crippen LogP contribution is -2.44. The van der Waals surface area contributed by atoms with Crippen molar-refractivity contribution in [1.82, 2.24) is 8.87 Å². The summed E-state index contributed by atoms with van der Waals surface area (Å²) in [5.74, 6) is -0.111. The fraction of sp³-hybridized carbons (Fsp3) is 0.217. The highest BCUT2D eigenvalue weighted by molar-refractivity contribution is 7.89. The Bertz CT molecular complexity index is 1180. The van der Waals surface area contributed by atoms with Gasteiger partial charge in [0.25, 0.3) is 0 Å². The molecule has 0 fully saturated rings. The quantitative estimate of drug-likeness (QED) is 0.679. The summed E-state index contributed by atoms with van der Waals surface area (Å²) in [6.07, 6.45) is 2.39. The van der Waals surface area contributed by atoms with Gasteiger partial charge in [-0.25, -0.2) is 8.42 Å². The first-order valence-electron chi connectivity index (χ1n) is 9.53. The van der Waals surface area contributed by atoms with Crippen molar-refractivity contribution in [2.45, 2.75) is 12.6 Å². The molecule has 2 heterocycles. The Morgan fingerprint density at radius 3 is 2.03 bits per heavy atom. The molecule has 4 rings (SSSR count). The average Bonchev–Trinajstić information content (AvgIpc) is 3.03. The van der Waals surface area contributed by atoms with Gasteiger partial charge in [-0.1, -0.05) is 61.7 Å². The number of hydrogen-bond acceptors (Lipinski definition) is 3. The van der Waals surface area contributed by atoms with Crippen molar-refractivity contribution in [3.05, 3.63) is 85.0 Å². The highest BCUT2D eigenvalue weighted by Crippen LogP contribution is 2.29. The molecule has 150 valence electrons. The van der Waals surface area contributed by atoms with Gasteiger partial charge in [0.15, 0.2) is 0 Å². The van der Waals surface area contributed by atoms with Crippen LogP contribution >= 0.6 is 0 Å². The van der Waals surface area contributed by atoms with E-state index in [4.69, 9.17) is 0 Å². The largest absolute Gasteiger partial charge is 0.390 e. The summed E-state index contributed by atoms with van der Waals surface area (Å²) >= 11 is 0. The molecule has 1 aliphatic heterocycles. The zero-order chi connectivity index (χ0) is 20.6. The van der Waals surface area contributed by atoms with Crippen LogP contribution in [0.5, 0.6) is 0 Å². The van der Waals surface area contributed by atoms with Crippen molar-refractivity contribution in [3.8, 4) is 0 Å². The SMILES string of the molecule is C=CC1=C(C=C)CS(=O)(=O)N(CC(O)Cn2c3ccccc3c3ccccc32)C1. The van der Waals surface area contributed by atoms with Gasteiger partial charge in [-0.2, -0.15) is 4.31 Å². The van der Waals surface area contributed by atoms with Crippen LogP contribution in [0.3, 0.4) is 0 Å². The third-order valence-corrected chi connectivity index (χ3v) is 7.21. The monoisotopic (exact) mass is 408 g/mol. The molecular weight excluding hydrogens is 384 g/mol. The second-order valence-electron chi connectivity index (χ2n) is 7.31. The van der Waals surface area contributed by atoms with Gasteiger partial charge < -0.3 is 9.67 Å². The molecule has 0 saturated carbocycles. The van der Waals surface area contributed by atoms with Gasteiger partial charge in [0, 0.05) is 34.9 Å². The Labute approximate surface area is 170 Å². The van der Waals surface area contributed by atoms with Gasteiger partial charge in [0.2, 0.25) is 10.0 Å². The van der Waals surface area contributed by atoms with Crippen molar-refractivity contribution in [2.24, 2.45) is 0 Å². The molecule has 2 aromatic carbocycles. The Balaban J connectivity index is 1.64. The second-order valence-corrected chi connectivity index (χ2v) is 9.28. The maximum atomic E-state index is 12.7. The molecule has 3 aromatic rings. The zero-order valence-corrected chi connectivity index (χ0v) is 17.0. The van der Waals surface area contributed by atoms with Crippen molar-refractivity contribution in [1.29, 1.82) is 0 Å². The standard InChI is InChI=1S/C23H24N2O3S/c1-3-17-13-24(29(27,28)16-18(17)4-2)14-19(26)15-25-22-11-7-5-9-20(22)21-10-6-8-12-23(21)25/h3-12,19,26H,1-2,13-16H2. The number of allylic oxidation sites excluding steroid dienone is 1. The number of sulfonamides is 1. The van der Waals surface area contributed by atoms with Gasteiger partial charge in [-0.3, -0.25) is 0 Å². The number of hydrogen-bond donors (Lipinski definition) is 1. The lowest BCUT2D eigenvalue weighted by Gasteiger charge is -2.30. The molecule has 1 aliphatic rings. The fourth-order valence-electron chi connectivity index (χ4n) is 4.04. The van der Waals surface area contributed by atoms with E-state index in [1.54, 1.807) is 12.2 Å². The maximum absolute atomic E-state index is 12.7. The predicted molar refractivity (Wildman–Crippen MR) is 118 cm³/mol. The van der Waals surface area contributed by atoms with E-state index in [0.717, 1.165) is 27.4 Å². The van der Waals surface area contributed by atoms with E-state index in [9.17, 15) is 13.5 Å². The van der Waals surface area contributed by atoms with Crippen LogP contribution in [-0.2, 0) is 16.6 Å². The first-order chi connectivity index (χ1) is 13.9. The topological polar surface area (TPSA) is 62.5 Å². The number of β-amino-alcohol motifs (C(OH)–C–C–N with tert-alkyl or cyclic N) is 1. The number of aliphatic hydroxyl groups excluding tert-OH is 1. The minimum atomic E-state index is -3.50. The third kappa shape index (κ3) is 3.55. The highest BCUT2D eigenvalue weighted by atomic mass is 32.2. The van der Waals surface area contributed by atoms with E-state index in [1.165, 1.54) is 4.31 Å². The number of benzene rings is 2. The van der Waals surface area contributed by atoms with Crippen LogP contribution in [-0.4, -0.2) is 47.3 Å². The molecular formula is C23H24N2O3S. The smallest absolute Gasteiger partial charge is 0.218 e. The van der Waals surface area contributed by atoms with E-state index in [1.807, 2.05) is 36.4 Å². The van der Waals surface area contributed by atoms with Gasteiger partial charge in [0.05, 0.1) is 18.4 Å². The molecule has 0 saturated heterocycles. The summed E-state index contributed by atoms with van der Waals surface area (Å²) in [5.41, 5.74) is 3.55. The lowest BCUT2D eigenvalue weighted by molar-refractivity contribution is 0.132. The number of rotatable bonds is 6. The van der Waals surface area contributed by atoms with E-state index in [2.05, 4.69) is 29.9 Å². The van der Waals surface area contributed by atoms with Gasteiger partial charge in [-0.15, -0.1) is 0 Å². The number of aliphatic hydroxyl groups is 1. The van der Waals surface area contributed by atoms with Crippen molar-refractivity contribution in [2.75, 3.05) is 18.8 Å².